The Morgan fingerprint density at radius 2 is 2.18 bits per heavy atom. The molecule has 1 heterocycles. The molecule has 3 heteroatoms. The van der Waals surface area contributed by atoms with Crippen molar-refractivity contribution in [2.45, 2.75) is 32.2 Å². The van der Waals surface area contributed by atoms with E-state index in [0.29, 0.717) is 12.6 Å². The van der Waals surface area contributed by atoms with Gasteiger partial charge >= 0.3 is 0 Å². The van der Waals surface area contributed by atoms with Crippen LogP contribution in [0.2, 0.25) is 0 Å². The lowest BCUT2D eigenvalue weighted by Crippen LogP contribution is -2.40. The summed E-state index contributed by atoms with van der Waals surface area (Å²) in [6.07, 6.45) is 3.72. The predicted octanol–water partition coefficient (Wildman–Crippen LogP) is 3.51. The largest absolute Gasteiger partial charge is 0.293 e. The normalized spacial score (nSPS) is 21.4. The Kier molecular flexibility index (Phi) is 4.35. The molecule has 1 fully saturated rings. The fourth-order valence-electron chi connectivity index (χ4n) is 2.35. The van der Waals surface area contributed by atoms with Gasteiger partial charge in [-0.2, -0.15) is 0 Å². The van der Waals surface area contributed by atoms with Gasteiger partial charge in [-0.1, -0.05) is 40.5 Å². The van der Waals surface area contributed by atoms with E-state index < -0.39 is 0 Å². The molecule has 0 N–H and O–H groups in total. The first-order valence-electron chi connectivity index (χ1n) is 6.20. The second kappa shape index (κ2) is 5.78. The molecule has 1 aliphatic rings. The molecular weight excluding hydrogens is 278 g/mol. The number of Topliss-reactive ketones (excluding diaryl/α,β-unsaturated/α-hetero) is 1. The fourth-order valence-corrected chi connectivity index (χ4v) is 2.86. The lowest BCUT2D eigenvalue weighted by atomic mass is 10.0. The number of hydrogen-bond donors (Lipinski definition) is 0. The minimum absolute atomic E-state index is 0.214. The van der Waals surface area contributed by atoms with Crippen molar-refractivity contribution in [1.29, 1.82) is 0 Å². The molecule has 1 unspecified atom stereocenters. The number of rotatable bonds is 3. The van der Waals surface area contributed by atoms with Crippen LogP contribution in [0.1, 0.15) is 36.5 Å². The van der Waals surface area contributed by atoms with Crippen molar-refractivity contribution in [1.82, 2.24) is 4.90 Å². The van der Waals surface area contributed by atoms with Crippen molar-refractivity contribution in [3.63, 3.8) is 0 Å². The standard InChI is InChI=1S/C14H18BrNO/c1-11-6-4-5-9-16(11)10-14(17)12-7-2-3-8-13(12)15/h2-3,7-8,11H,4-6,9-10H2,1H3. The van der Waals surface area contributed by atoms with Crippen molar-refractivity contribution in [3.8, 4) is 0 Å². The van der Waals surface area contributed by atoms with Gasteiger partial charge in [0.05, 0.1) is 6.54 Å². The topological polar surface area (TPSA) is 20.3 Å². The highest BCUT2D eigenvalue weighted by Gasteiger charge is 2.21. The van der Waals surface area contributed by atoms with Crippen molar-refractivity contribution < 1.29 is 4.79 Å². The minimum atomic E-state index is 0.214. The molecule has 2 nitrogen and oxygen atoms in total. The summed E-state index contributed by atoms with van der Waals surface area (Å²) >= 11 is 3.44. The van der Waals surface area contributed by atoms with Gasteiger partial charge in [-0.25, -0.2) is 0 Å². The predicted molar refractivity (Wildman–Crippen MR) is 73.4 cm³/mol. The van der Waals surface area contributed by atoms with Crippen molar-refractivity contribution in [2.24, 2.45) is 0 Å². The Hall–Kier alpha value is -0.670. The summed E-state index contributed by atoms with van der Waals surface area (Å²) in [5.74, 6) is 0.214. The van der Waals surface area contributed by atoms with Crippen LogP contribution in [0.3, 0.4) is 0 Å². The summed E-state index contributed by atoms with van der Waals surface area (Å²) in [6, 6.07) is 8.20. The highest BCUT2D eigenvalue weighted by Crippen LogP contribution is 2.20. The molecule has 2 rings (SSSR count). The van der Waals surface area contributed by atoms with Crippen LogP contribution in [0, 0.1) is 0 Å². The molecule has 0 aliphatic carbocycles. The zero-order chi connectivity index (χ0) is 12.3. The molecule has 0 aromatic heterocycles. The van der Waals surface area contributed by atoms with E-state index in [2.05, 4.69) is 27.8 Å². The Bertz CT molecular complexity index is 405. The summed E-state index contributed by atoms with van der Waals surface area (Å²) in [5.41, 5.74) is 0.797. The molecule has 17 heavy (non-hydrogen) atoms. The third-order valence-corrected chi connectivity index (χ3v) is 4.15. The number of carbonyl (C=O) groups is 1. The van der Waals surface area contributed by atoms with Crippen molar-refractivity contribution >= 4 is 21.7 Å². The van der Waals surface area contributed by atoms with Crippen LogP contribution < -0.4 is 0 Å². The van der Waals surface area contributed by atoms with Gasteiger partial charge < -0.3 is 0 Å². The van der Waals surface area contributed by atoms with Gasteiger partial charge in [-0.3, -0.25) is 9.69 Å². The minimum Gasteiger partial charge on any atom is -0.293 e. The number of carbonyl (C=O) groups excluding carboxylic acids is 1. The number of nitrogens with zero attached hydrogens (tertiary/aromatic N) is 1. The Labute approximate surface area is 111 Å². The summed E-state index contributed by atoms with van der Waals surface area (Å²) in [5, 5.41) is 0. The third-order valence-electron chi connectivity index (χ3n) is 3.46. The molecule has 0 bridgehead atoms. The maximum absolute atomic E-state index is 12.2. The number of benzene rings is 1. The van der Waals surface area contributed by atoms with Crippen LogP contribution in [-0.4, -0.2) is 29.8 Å². The SMILES string of the molecule is CC1CCCCN1CC(=O)c1ccccc1Br. The summed E-state index contributed by atoms with van der Waals surface area (Å²) in [6.45, 7) is 3.81. The van der Waals surface area contributed by atoms with Crippen molar-refractivity contribution in [2.75, 3.05) is 13.1 Å². The number of ketones is 1. The summed E-state index contributed by atoms with van der Waals surface area (Å²) in [7, 11) is 0. The molecule has 0 spiro atoms. The van der Waals surface area contributed by atoms with Gasteiger partial charge in [0.15, 0.2) is 5.78 Å². The molecule has 0 saturated carbocycles. The van der Waals surface area contributed by atoms with Gasteiger partial charge in [-0.15, -0.1) is 0 Å². The van der Waals surface area contributed by atoms with Crippen LogP contribution in [0.5, 0.6) is 0 Å². The summed E-state index contributed by atoms with van der Waals surface area (Å²) in [4.78, 5) is 14.5. The Morgan fingerprint density at radius 1 is 1.41 bits per heavy atom. The number of likely N-dealkylation sites (tertiary alicyclic amines) is 1. The first-order chi connectivity index (χ1) is 8.18. The zero-order valence-electron chi connectivity index (χ0n) is 10.2. The van der Waals surface area contributed by atoms with Crippen LogP contribution in [0.25, 0.3) is 0 Å². The van der Waals surface area contributed by atoms with E-state index >= 15 is 0 Å². The van der Waals surface area contributed by atoms with Gasteiger partial charge in [-0.05, 0) is 32.4 Å². The molecule has 1 aromatic carbocycles. The fraction of sp³-hybridized carbons (Fsp3) is 0.500. The molecule has 1 saturated heterocycles. The highest BCUT2D eigenvalue weighted by molar-refractivity contribution is 9.10. The quantitative estimate of drug-likeness (QED) is 0.796. The Balaban J connectivity index is 2.04. The maximum Gasteiger partial charge on any atom is 0.177 e. The van der Waals surface area contributed by atoms with Gasteiger partial charge in [0.1, 0.15) is 0 Å². The average Bonchev–Trinajstić information content (AvgIpc) is 2.32. The third kappa shape index (κ3) is 3.17. The van der Waals surface area contributed by atoms with E-state index in [1.54, 1.807) is 0 Å². The molecule has 1 atom stereocenters. The smallest absolute Gasteiger partial charge is 0.177 e. The van der Waals surface area contributed by atoms with Crippen LogP contribution in [0.15, 0.2) is 28.7 Å². The van der Waals surface area contributed by atoms with E-state index in [9.17, 15) is 4.79 Å². The van der Waals surface area contributed by atoms with Crippen LogP contribution in [0.4, 0.5) is 0 Å². The number of halogens is 1. The summed E-state index contributed by atoms with van der Waals surface area (Å²) < 4.78 is 0.898. The second-order valence-electron chi connectivity index (χ2n) is 4.72. The van der Waals surface area contributed by atoms with Crippen LogP contribution >= 0.6 is 15.9 Å². The van der Waals surface area contributed by atoms with Gasteiger partial charge in [0.25, 0.3) is 0 Å². The number of hydrogen-bond acceptors (Lipinski definition) is 2. The van der Waals surface area contributed by atoms with E-state index in [0.717, 1.165) is 16.6 Å². The van der Waals surface area contributed by atoms with Crippen LogP contribution in [-0.2, 0) is 0 Å². The highest BCUT2D eigenvalue weighted by atomic mass is 79.9. The lowest BCUT2D eigenvalue weighted by Gasteiger charge is -2.32. The van der Waals surface area contributed by atoms with Gasteiger partial charge in [0, 0.05) is 16.1 Å². The Morgan fingerprint density at radius 3 is 2.88 bits per heavy atom. The van der Waals surface area contributed by atoms with E-state index in [1.165, 1.54) is 19.3 Å². The van der Waals surface area contributed by atoms with E-state index in [-0.39, 0.29) is 5.78 Å². The van der Waals surface area contributed by atoms with Crippen molar-refractivity contribution in [3.05, 3.63) is 34.3 Å². The van der Waals surface area contributed by atoms with E-state index in [4.69, 9.17) is 0 Å². The van der Waals surface area contributed by atoms with Gasteiger partial charge in [0.2, 0.25) is 0 Å². The molecule has 1 aromatic rings. The molecule has 0 radical (unpaired) electrons. The van der Waals surface area contributed by atoms with E-state index in [1.807, 2.05) is 24.3 Å². The molecule has 1 aliphatic heterocycles. The second-order valence-corrected chi connectivity index (χ2v) is 5.57. The molecule has 92 valence electrons. The molecule has 0 amide bonds. The lowest BCUT2D eigenvalue weighted by molar-refractivity contribution is 0.0859. The first-order valence-corrected chi connectivity index (χ1v) is 6.99. The maximum atomic E-state index is 12.2. The first kappa shape index (κ1) is 12.8. The monoisotopic (exact) mass is 295 g/mol. The molecular formula is C14H18BrNO. The number of piperidine rings is 1. The zero-order valence-corrected chi connectivity index (χ0v) is 11.7. The average molecular weight is 296 g/mol.